The first-order chi connectivity index (χ1) is 18.6. The maximum Gasteiger partial charge on any atom is 0.416 e. The highest BCUT2D eigenvalue weighted by atomic mass is 19.4. The van der Waals surface area contributed by atoms with Crippen LogP contribution in [0.4, 0.5) is 35.1 Å². The molecule has 3 rings (SSSR count). The molecule has 2 N–H and O–H groups in total. The number of nitrogens with one attached hydrogen (secondary N) is 2. The van der Waals surface area contributed by atoms with Crippen molar-refractivity contribution in [1.82, 2.24) is 15.6 Å². The van der Waals surface area contributed by atoms with Crippen LogP contribution >= 0.6 is 0 Å². The number of amides is 2. The van der Waals surface area contributed by atoms with Crippen LogP contribution in [0.5, 0.6) is 11.5 Å². The molecule has 1 aromatic carbocycles. The molecule has 0 spiro atoms. The lowest BCUT2D eigenvalue weighted by Gasteiger charge is -2.41. The van der Waals surface area contributed by atoms with Gasteiger partial charge >= 0.3 is 19.0 Å². The molecule has 2 amide bonds. The summed E-state index contributed by atoms with van der Waals surface area (Å²) in [6, 6.07) is 6.47. The van der Waals surface area contributed by atoms with Gasteiger partial charge in [-0.05, 0) is 41.8 Å². The van der Waals surface area contributed by atoms with Crippen LogP contribution in [0.1, 0.15) is 37.4 Å². The zero-order chi connectivity index (χ0) is 29.7. The van der Waals surface area contributed by atoms with Gasteiger partial charge in [0.15, 0.2) is 5.54 Å². The van der Waals surface area contributed by atoms with E-state index in [-0.39, 0.29) is 41.4 Å². The Morgan fingerprint density at radius 1 is 1.07 bits per heavy atom. The maximum atomic E-state index is 14.7. The SMILES string of the molecule is CC(=O)NCC1=C(c2ccc(OC(F)F)cn2)C[C@](c2ccc(OCCCC(F)(F)F)cc2)(C(F)(F)F)NC1=O. The van der Waals surface area contributed by atoms with Crippen molar-refractivity contribution in [3.8, 4) is 11.5 Å². The number of halogens is 8. The van der Waals surface area contributed by atoms with Gasteiger partial charge in [0.2, 0.25) is 11.8 Å². The first-order valence-corrected chi connectivity index (χ1v) is 11.7. The highest BCUT2D eigenvalue weighted by Crippen LogP contribution is 2.48. The molecule has 0 saturated carbocycles. The van der Waals surface area contributed by atoms with E-state index in [9.17, 15) is 44.7 Å². The maximum absolute atomic E-state index is 14.7. The second-order valence-electron chi connectivity index (χ2n) is 8.75. The Kier molecular flexibility index (Phi) is 9.25. The van der Waals surface area contributed by atoms with Crippen molar-refractivity contribution in [1.29, 1.82) is 0 Å². The lowest BCUT2D eigenvalue weighted by molar-refractivity contribution is -0.201. The summed E-state index contributed by atoms with van der Waals surface area (Å²) in [5, 5.41) is 4.35. The number of pyridine rings is 1. The van der Waals surface area contributed by atoms with E-state index in [1.165, 1.54) is 0 Å². The molecular weight excluding hydrogens is 558 g/mol. The topological polar surface area (TPSA) is 89.6 Å². The standard InChI is InChI=1S/C25H23F8N3O4/c1-14(37)34-13-19-18(20-8-7-17(12-35-20)40-22(26)27)11-23(25(31,32)33,36-21(19)38)15-3-5-16(6-4-15)39-10-2-9-24(28,29)30/h3-8,12,22H,2,9-11,13H2,1H3,(H,34,37)(H,36,38)/t23-/m0/s1. The fourth-order valence-corrected chi connectivity index (χ4v) is 4.01. The van der Waals surface area contributed by atoms with Crippen LogP contribution in [-0.2, 0) is 15.1 Å². The van der Waals surface area contributed by atoms with E-state index in [0.29, 0.717) is 0 Å². The van der Waals surface area contributed by atoms with Crippen molar-refractivity contribution >= 4 is 17.4 Å². The Hall–Kier alpha value is -3.91. The first-order valence-electron chi connectivity index (χ1n) is 11.7. The van der Waals surface area contributed by atoms with E-state index in [0.717, 1.165) is 49.5 Å². The smallest absolute Gasteiger partial charge is 0.416 e. The summed E-state index contributed by atoms with van der Waals surface area (Å²) >= 11 is 0. The second-order valence-corrected chi connectivity index (χ2v) is 8.75. The average molecular weight is 581 g/mol. The van der Waals surface area contributed by atoms with E-state index in [4.69, 9.17) is 4.74 Å². The third kappa shape index (κ3) is 7.60. The third-order valence-corrected chi connectivity index (χ3v) is 5.90. The minimum Gasteiger partial charge on any atom is -0.494 e. The van der Waals surface area contributed by atoms with Gasteiger partial charge in [-0.1, -0.05) is 12.1 Å². The normalized spacial score (nSPS) is 18.0. The minimum absolute atomic E-state index is 0.0174. The third-order valence-electron chi connectivity index (χ3n) is 5.90. The van der Waals surface area contributed by atoms with Gasteiger partial charge in [0, 0.05) is 31.9 Å². The van der Waals surface area contributed by atoms with Crippen LogP contribution in [0, 0.1) is 0 Å². The Morgan fingerprint density at radius 3 is 2.25 bits per heavy atom. The molecule has 0 saturated heterocycles. The van der Waals surface area contributed by atoms with E-state index in [1.54, 1.807) is 0 Å². The number of hydrogen-bond donors (Lipinski definition) is 2. The van der Waals surface area contributed by atoms with Crippen LogP contribution in [0.3, 0.4) is 0 Å². The Labute approximate surface area is 222 Å². The molecule has 0 radical (unpaired) electrons. The average Bonchev–Trinajstić information content (AvgIpc) is 2.84. The number of alkyl halides is 8. The fourth-order valence-electron chi connectivity index (χ4n) is 4.01. The number of hydrogen-bond acceptors (Lipinski definition) is 5. The molecule has 15 heteroatoms. The van der Waals surface area contributed by atoms with Gasteiger partial charge in [0.1, 0.15) is 11.5 Å². The molecule has 0 fully saturated rings. The van der Waals surface area contributed by atoms with Gasteiger partial charge in [0.25, 0.3) is 0 Å². The van der Waals surface area contributed by atoms with Crippen molar-refractivity contribution < 1.29 is 54.2 Å². The number of carbonyl (C=O) groups excluding carboxylic acids is 2. The van der Waals surface area contributed by atoms with Gasteiger partial charge in [-0.3, -0.25) is 14.6 Å². The summed E-state index contributed by atoms with van der Waals surface area (Å²) in [6.45, 7) is -2.79. The predicted octanol–water partition coefficient (Wildman–Crippen LogP) is 5.27. The van der Waals surface area contributed by atoms with Crippen molar-refractivity contribution in [3.05, 3.63) is 59.4 Å². The molecule has 1 aliphatic heterocycles. The van der Waals surface area contributed by atoms with E-state index in [1.807, 2.05) is 5.32 Å². The molecule has 2 heterocycles. The largest absolute Gasteiger partial charge is 0.494 e. The van der Waals surface area contributed by atoms with Gasteiger partial charge in [0.05, 0.1) is 18.5 Å². The number of aromatic nitrogens is 1. The molecule has 1 aromatic heterocycles. The lowest BCUT2D eigenvalue weighted by Crippen LogP contribution is -2.59. The van der Waals surface area contributed by atoms with Gasteiger partial charge in [-0.25, -0.2) is 0 Å². The number of ether oxygens (including phenoxy) is 2. The molecule has 0 aliphatic carbocycles. The Bertz CT molecular complexity index is 1230. The predicted molar refractivity (Wildman–Crippen MR) is 124 cm³/mol. The van der Waals surface area contributed by atoms with Crippen LogP contribution in [0.2, 0.25) is 0 Å². The van der Waals surface area contributed by atoms with E-state index in [2.05, 4.69) is 15.0 Å². The van der Waals surface area contributed by atoms with Crippen molar-refractivity contribution in [2.75, 3.05) is 13.2 Å². The highest BCUT2D eigenvalue weighted by molar-refractivity contribution is 6.04. The van der Waals surface area contributed by atoms with Gasteiger partial charge < -0.3 is 20.1 Å². The first kappa shape index (κ1) is 30.6. The summed E-state index contributed by atoms with van der Waals surface area (Å²) in [4.78, 5) is 28.4. The second kappa shape index (κ2) is 12.1. The number of benzene rings is 1. The summed E-state index contributed by atoms with van der Waals surface area (Å²) in [5.74, 6) is -2.07. The summed E-state index contributed by atoms with van der Waals surface area (Å²) in [5.41, 5.74) is -3.96. The fraction of sp³-hybridized carbons (Fsp3) is 0.400. The Morgan fingerprint density at radius 2 is 1.73 bits per heavy atom. The highest BCUT2D eigenvalue weighted by Gasteiger charge is 2.59. The van der Waals surface area contributed by atoms with Crippen LogP contribution in [0.15, 0.2) is 48.2 Å². The van der Waals surface area contributed by atoms with Gasteiger partial charge in [-0.15, -0.1) is 0 Å². The zero-order valence-electron chi connectivity index (χ0n) is 20.8. The summed E-state index contributed by atoms with van der Waals surface area (Å²) in [7, 11) is 0. The number of carbonyl (C=O) groups is 2. The molecule has 2 aromatic rings. The molecule has 1 aliphatic rings. The van der Waals surface area contributed by atoms with Crippen LogP contribution in [-0.4, -0.2) is 48.9 Å². The molecule has 7 nitrogen and oxygen atoms in total. The lowest BCUT2D eigenvalue weighted by atomic mass is 9.77. The minimum atomic E-state index is -5.07. The van der Waals surface area contributed by atoms with Crippen LogP contribution < -0.4 is 20.1 Å². The van der Waals surface area contributed by atoms with Crippen LogP contribution in [0.25, 0.3) is 5.57 Å². The molecule has 40 heavy (non-hydrogen) atoms. The van der Waals surface area contributed by atoms with Crippen molar-refractivity contribution in [2.24, 2.45) is 0 Å². The quantitative estimate of drug-likeness (QED) is 0.295. The van der Waals surface area contributed by atoms with Gasteiger partial charge in [-0.2, -0.15) is 35.1 Å². The number of nitrogens with zero attached hydrogens (tertiary/aromatic N) is 1. The molecule has 0 bridgehead atoms. The zero-order valence-corrected chi connectivity index (χ0v) is 20.8. The summed E-state index contributed by atoms with van der Waals surface area (Å²) in [6.07, 6.45) is -10.9. The number of rotatable bonds is 10. The summed E-state index contributed by atoms with van der Waals surface area (Å²) < 4.78 is 115. The molecular formula is C25H23F8N3O4. The monoisotopic (exact) mass is 581 g/mol. The molecule has 218 valence electrons. The Balaban J connectivity index is 1.98. The van der Waals surface area contributed by atoms with E-state index < -0.39 is 61.3 Å². The van der Waals surface area contributed by atoms with Crippen molar-refractivity contribution in [3.63, 3.8) is 0 Å². The molecule has 0 unspecified atom stereocenters. The van der Waals surface area contributed by atoms with E-state index >= 15 is 0 Å². The molecule has 1 atom stereocenters. The van der Waals surface area contributed by atoms with Crippen molar-refractivity contribution in [2.45, 2.75) is 50.7 Å².